The molecule has 1 unspecified atom stereocenters. The van der Waals surface area contributed by atoms with Gasteiger partial charge in [0.15, 0.2) is 0 Å². The fourth-order valence-electron chi connectivity index (χ4n) is 1.44. The maximum absolute atomic E-state index is 12.9. The highest BCUT2D eigenvalue weighted by Crippen LogP contribution is 2.30. The van der Waals surface area contributed by atoms with Gasteiger partial charge in [-0.2, -0.15) is 0 Å². The molecule has 0 aliphatic heterocycles. The van der Waals surface area contributed by atoms with Gasteiger partial charge in [-0.25, -0.2) is 4.39 Å². The lowest BCUT2D eigenvalue weighted by Gasteiger charge is -2.25. The maximum atomic E-state index is 12.9. The smallest absolute Gasteiger partial charge is 0.124 e. The summed E-state index contributed by atoms with van der Waals surface area (Å²) >= 11 is 7.10. The molecule has 0 aromatic heterocycles. The lowest BCUT2D eigenvalue weighted by molar-refractivity contribution is 0.385. The van der Waals surface area contributed by atoms with Gasteiger partial charge in [-0.05, 0) is 36.0 Å². The van der Waals surface area contributed by atoms with Gasteiger partial charge in [0.25, 0.3) is 0 Å². The zero-order valence-corrected chi connectivity index (χ0v) is 13.0. The van der Waals surface area contributed by atoms with Crippen LogP contribution in [0.15, 0.2) is 22.7 Å². The van der Waals surface area contributed by atoms with E-state index in [9.17, 15) is 4.39 Å². The summed E-state index contributed by atoms with van der Waals surface area (Å²) in [4.78, 5) is 0.469. The van der Waals surface area contributed by atoms with E-state index in [1.165, 1.54) is 12.1 Å². The van der Waals surface area contributed by atoms with E-state index < -0.39 is 0 Å². The summed E-state index contributed by atoms with van der Waals surface area (Å²) in [5, 5.41) is 0. The predicted octanol–water partition coefficient (Wildman–Crippen LogP) is 5.33. The van der Waals surface area contributed by atoms with Crippen LogP contribution < -0.4 is 0 Å². The average Bonchev–Trinajstić information content (AvgIpc) is 2.14. The Labute approximate surface area is 114 Å². The number of aryl methyl sites for hydroxylation is 1. The van der Waals surface area contributed by atoms with Crippen molar-refractivity contribution < 1.29 is 4.39 Å². The minimum absolute atomic E-state index is 0.193. The summed E-state index contributed by atoms with van der Waals surface area (Å²) in [6.07, 6.45) is 2.00. The maximum Gasteiger partial charge on any atom is 0.124 e. The molecule has 90 valence electrons. The summed E-state index contributed by atoms with van der Waals surface area (Å²) < 4.78 is 13.8. The summed E-state index contributed by atoms with van der Waals surface area (Å²) in [6.45, 7) is 6.64. The molecule has 16 heavy (non-hydrogen) atoms. The summed E-state index contributed by atoms with van der Waals surface area (Å²) in [5.41, 5.74) is 1.42. The topological polar surface area (TPSA) is 0 Å². The van der Waals surface area contributed by atoms with Crippen molar-refractivity contribution in [3.63, 3.8) is 0 Å². The first-order valence-electron chi connectivity index (χ1n) is 5.38. The van der Waals surface area contributed by atoms with Crippen LogP contribution in [0.2, 0.25) is 0 Å². The number of halogens is 3. The van der Waals surface area contributed by atoms with E-state index in [0.29, 0.717) is 4.83 Å². The number of hydrogen-bond donors (Lipinski definition) is 0. The molecule has 0 aliphatic carbocycles. The normalized spacial score (nSPS) is 13.9. The lowest BCUT2D eigenvalue weighted by Crippen LogP contribution is -2.20. The highest BCUT2D eigenvalue weighted by Gasteiger charge is 2.21. The Kier molecular flexibility index (Phi) is 4.99. The van der Waals surface area contributed by atoms with Gasteiger partial charge in [0.2, 0.25) is 0 Å². The Bertz CT molecular complexity index is 355. The SMILES string of the molecule is CC(C)(C)C(Br)CCc1ccc(F)cc1Br. The van der Waals surface area contributed by atoms with Crippen LogP contribution in [0.3, 0.4) is 0 Å². The van der Waals surface area contributed by atoms with Crippen molar-refractivity contribution >= 4 is 31.9 Å². The minimum atomic E-state index is -0.193. The molecule has 0 saturated carbocycles. The zero-order valence-electron chi connectivity index (χ0n) is 9.86. The molecule has 0 radical (unpaired) electrons. The summed E-state index contributed by atoms with van der Waals surface area (Å²) in [5.74, 6) is -0.193. The van der Waals surface area contributed by atoms with E-state index in [0.717, 1.165) is 22.9 Å². The fraction of sp³-hybridized carbons (Fsp3) is 0.538. The molecule has 0 amide bonds. The van der Waals surface area contributed by atoms with Crippen LogP contribution in [0.25, 0.3) is 0 Å². The van der Waals surface area contributed by atoms with Crippen molar-refractivity contribution in [2.45, 2.75) is 38.4 Å². The van der Waals surface area contributed by atoms with Gasteiger partial charge < -0.3 is 0 Å². The van der Waals surface area contributed by atoms with Gasteiger partial charge >= 0.3 is 0 Å². The monoisotopic (exact) mass is 350 g/mol. The van der Waals surface area contributed by atoms with Crippen molar-refractivity contribution in [3.05, 3.63) is 34.1 Å². The summed E-state index contributed by atoms with van der Waals surface area (Å²) in [7, 11) is 0. The van der Waals surface area contributed by atoms with Gasteiger partial charge in [-0.15, -0.1) is 0 Å². The van der Waals surface area contributed by atoms with Crippen LogP contribution in [0, 0.1) is 11.2 Å². The molecule has 1 aromatic carbocycles. The Morgan fingerprint density at radius 2 is 1.94 bits per heavy atom. The van der Waals surface area contributed by atoms with Gasteiger partial charge in [-0.1, -0.05) is 58.7 Å². The molecule has 1 aromatic rings. The number of benzene rings is 1. The first-order valence-corrected chi connectivity index (χ1v) is 7.09. The molecule has 0 fully saturated rings. The first kappa shape index (κ1) is 14.2. The third-order valence-electron chi connectivity index (χ3n) is 2.62. The van der Waals surface area contributed by atoms with Crippen LogP contribution in [-0.4, -0.2) is 4.83 Å². The largest absolute Gasteiger partial charge is 0.207 e. The van der Waals surface area contributed by atoms with Crippen molar-refractivity contribution in [1.82, 2.24) is 0 Å². The minimum Gasteiger partial charge on any atom is -0.207 e. The van der Waals surface area contributed by atoms with Gasteiger partial charge in [0, 0.05) is 9.30 Å². The van der Waals surface area contributed by atoms with E-state index >= 15 is 0 Å². The second kappa shape index (κ2) is 5.63. The second-order valence-corrected chi connectivity index (χ2v) is 7.07. The molecular formula is C13H17Br2F. The quantitative estimate of drug-likeness (QED) is 0.645. The Morgan fingerprint density at radius 1 is 1.31 bits per heavy atom. The van der Waals surface area contributed by atoms with Crippen molar-refractivity contribution in [2.24, 2.45) is 5.41 Å². The molecule has 0 aliphatic rings. The molecule has 0 N–H and O–H groups in total. The Hall–Kier alpha value is 0.110. The third-order valence-corrected chi connectivity index (χ3v) is 5.19. The Morgan fingerprint density at radius 3 is 2.44 bits per heavy atom. The molecule has 0 spiro atoms. The first-order chi connectivity index (χ1) is 7.30. The molecule has 0 saturated heterocycles. The molecular weight excluding hydrogens is 335 g/mol. The number of hydrogen-bond acceptors (Lipinski definition) is 0. The molecule has 0 nitrogen and oxygen atoms in total. The molecule has 3 heteroatoms. The van der Waals surface area contributed by atoms with Crippen LogP contribution in [-0.2, 0) is 6.42 Å². The zero-order chi connectivity index (χ0) is 12.3. The van der Waals surface area contributed by atoms with Crippen LogP contribution >= 0.6 is 31.9 Å². The number of rotatable bonds is 3. The lowest BCUT2D eigenvalue weighted by atomic mass is 9.89. The second-order valence-electron chi connectivity index (χ2n) is 5.11. The Balaban J connectivity index is 2.62. The molecule has 0 heterocycles. The van der Waals surface area contributed by atoms with Crippen molar-refractivity contribution in [1.29, 1.82) is 0 Å². The standard InChI is InChI=1S/C13H17Br2F/c1-13(2,3)12(15)7-5-9-4-6-10(16)8-11(9)14/h4,6,8,12H,5,7H2,1-3H3. The van der Waals surface area contributed by atoms with Crippen molar-refractivity contribution in [2.75, 3.05) is 0 Å². The van der Waals surface area contributed by atoms with E-state index in [4.69, 9.17) is 0 Å². The van der Waals surface area contributed by atoms with E-state index in [2.05, 4.69) is 52.6 Å². The van der Waals surface area contributed by atoms with Crippen LogP contribution in [0.4, 0.5) is 4.39 Å². The van der Waals surface area contributed by atoms with Crippen LogP contribution in [0.5, 0.6) is 0 Å². The van der Waals surface area contributed by atoms with Crippen molar-refractivity contribution in [3.8, 4) is 0 Å². The van der Waals surface area contributed by atoms with Gasteiger partial charge in [-0.3, -0.25) is 0 Å². The van der Waals surface area contributed by atoms with Gasteiger partial charge in [0.1, 0.15) is 5.82 Å². The average molecular weight is 352 g/mol. The predicted molar refractivity (Wildman–Crippen MR) is 74.6 cm³/mol. The van der Waals surface area contributed by atoms with Crippen LogP contribution in [0.1, 0.15) is 32.8 Å². The third kappa shape index (κ3) is 4.17. The molecule has 1 atom stereocenters. The highest BCUT2D eigenvalue weighted by atomic mass is 79.9. The molecule has 1 rings (SSSR count). The fourth-order valence-corrected chi connectivity index (χ4v) is 2.22. The highest BCUT2D eigenvalue weighted by molar-refractivity contribution is 9.10. The van der Waals surface area contributed by atoms with E-state index in [1.807, 2.05) is 6.07 Å². The molecule has 0 bridgehead atoms. The van der Waals surface area contributed by atoms with E-state index in [1.54, 1.807) is 0 Å². The summed E-state index contributed by atoms with van der Waals surface area (Å²) in [6, 6.07) is 4.89. The van der Waals surface area contributed by atoms with E-state index in [-0.39, 0.29) is 11.2 Å². The van der Waals surface area contributed by atoms with Gasteiger partial charge in [0.05, 0.1) is 0 Å². The number of alkyl halides is 1.